The molecule has 1 N–H and O–H groups in total. The average Bonchev–Trinajstić information content (AvgIpc) is 3.35. The number of thioether (sulfide) groups is 1. The Bertz CT molecular complexity index is 1440. The van der Waals surface area contributed by atoms with E-state index in [0.29, 0.717) is 33.9 Å². The quantitative estimate of drug-likeness (QED) is 0.417. The van der Waals surface area contributed by atoms with Crippen molar-refractivity contribution < 1.29 is 19.1 Å². The van der Waals surface area contributed by atoms with Crippen LogP contribution in [0.4, 0.5) is 11.4 Å². The second-order valence-corrected chi connectivity index (χ2v) is 9.15. The van der Waals surface area contributed by atoms with Gasteiger partial charge in [-0.05, 0) is 36.4 Å². The summed E-state index contributed by atoms with van der Waals surface area (Å²) < 4.78 is 14.0. The van der Waals surface area contributed by atoms with E-state index in [1.54, 1.807) is 6.07 Å². The molecule has 0 saturated carbocycles. The van der Waals surface area contributed by atoms with Gasteiger partial charge >= 0.3 is 0 Å². The molecule has 180 valence electrons. The Kier molecular flexibility index (Phi) is 5.78. The molecule has 1 atom stereocenters. The van der Waals surface area contributed by atoms with Gasteiger partial charge in [-0.15, -0.1) is 10.2 Å². The third-order valence-corrected chi connectivity index (χ3v) is 6.78. The molecule has 0 unspecified atom stereocenters. The molecule has 3 heterocycles. The number of carbonyl (C=O) groups is 2. The largest absolute Gasteiger partial charge is 0.485 e. The molecule has 36 heavy (non-hydrogen) atoms. The number of anilines is 2. The molecule has 0 fully saturated rings. The third-order valence-electron chi connectivity index (χ3n) is 5.87. The molecule has 9 nitrogen and oxygen atoms in total. The first kappa shape index (κ1) is 22.2. The predicted molar refractivity (Wildman–Crippen MR) is 135 cm³/mol. The van der Waals surface area contributed by atoms with Gasteiger partial charge in [0.1, 0.15) is 13.2 Å². The summed E-state index contributed by atoms with van der Waals surface area (Å²) in [6.07, 6.45) is -0.477. The van der Waals surface area contributed by atoms with Gasteiger partial charge in [-0.1, -0.05) is 54.2 Å². The van der Waals surface area contributed by atoms with Gasteiger partial charge in [0.15, 0.2) is 28.6 Å². The van der Waals surface area contributed by atoms with Gasteiger partial charge in [-0.2, -0.15) is 0 Å². The van der Waals surface area contributed by atoms with Crippen LogP contribution in [0.3, 0.4) is 0 Å². The minimum absolute atomic E-state index is 0.0281. The van der Waals surface area contributed by atoms with Crippen molar-refractivity contribution in [3.05, 3.63) is 84.7 Å². The van der Waals surface area contributed by atoms with Crippen LogP contribution in [0.25, 0.3) is 5.69 Å². The Morgan fingerprint density at radius 2 is 1.72 bits per heavy atom. The van der Waals surface area contributed by atoms with Crippen molar-refractivity contribution in [1.29, 1.82) is 0 Å². The summed E-state index contributed by atoms with van der Waals surface area (Å²) in [4.78, 5) is 26.9. The molecular formula is C26H21N5O4S. The molecule has 2 aliphatic heterocycles. The van der Waals surface area contributed by atoms with Gasteiger partial charge in [0.25, 0.3) is 0 Å². The molecule has 0 radical (unpaired) electrons. The van der Waals surface area contributed by atoms with Crippen LogP contribution in [-0.4, -0.2) is 45.5 Å². The van der Waals surface area contributed by atoms with E-state index in [1.807, 2.05) is 77.4 Å². The van der Waals surface area contributed by atoms with E-state index >= 15 is 0 Å². The molecule has 0 aliphatic carbocycles. The van der Waals surface area contributed by atoms with Crippen molar-refractivity contribution >= 4 is 35.0 Å². The zero-order valence-corrected chi connectivity index (χ0v) is 19.9. The molecule has 0 spiro atoms. The standard InChI is InChI=1S/C26H21N5O4S/c32-23-14-30(19-11-5-4-10-18(19)27-23)24(33)16-36-26-29-28-25(31(26)17-8-2-1-3-9-17)22-15-34-20-12-6-7-13-21(20)35-22/h1-13,22H,14-16H2,(H,27,32)/t22-/m0/s1. The second kappa shape index (κ2) is 9.38. The maximum absolute atomic E-state index is 13.2. The Hall–Kier alpha value is -4.31. The summed E-state index contributed by atoms with van der Waals surface area (Å²) >= 11 is 1.26. The highest BCUT2D eigenvalue weighted by atomic mass is 32.2. The summed E-state index contributed by atoms with van der Waals surface area (Å²) in [5.41, 5.74) is 2.15. The maximum Gasteiger partial charge on any atom is 0.244 e. The van der Waals surface area contributed by atoms with Crippen LogP contribution in [0.5, 0.6) is 11.5 Å². The molecule has 6 rings (SSSR count). The van der Waals surface area contributed by atoms with Gasteiger partial charge < -0.3 is 19.7 Å². The highest BCUT2D eigenvalue weighted by Gasteiger charge is 2.31. The summed E-state index contributed by atoms with van der Waals surface area (Å²) in [5, 5.41) is 12.2. The highest BCUT2D eigenvalue weighted by molar-refractivity contribution is 7.99. The van der Waals surface area contributed by atoms with Crippen LogP contribution in [0.1, 0.15) is 11.9 Å². The molecular weight excluding hydrogens is 478 g/mol. The average molecular weight is 500 g/mol. The summed E-state index contributed by atoms with van der Waals surface area (Å²) in [6, 6.07) is 24.4. The number of fused-ring (bicyclic) bond motifs is 2. The zero-order chi connectivity index (χ0) is 24.5. The molecule has 0 saturated heterocycles. The Labute approximate surface area is 211 Å². The number of para-hydroxylation sites is 5. The lowest BCUT2D eigenvalue weighted by Crippen LogP contribution is -2.43. The van der Waals surface area contributed by atoms with E-state index in [4.69, 9.17) is 9.47 Å². The smallest absolute Gasteiger partial charge is 0.244 e. The molecule has 2 aliphatic rings. The fraction of sp³-hybridized carbons (Fsp3) is 0.154. The molecule has 10 heteroatoms. The summed E-state index contributed by atoms with van der Waals surface area (Å²) in [5.74, 6) is 1.56. The minimum Gasteiger partial charge on any atom is -0.485 e. The van der Waals surface area contributed by atoms with Crippen LogP contribution in [-0.2, 0) is 9.59 Å². The summed E-state index contributed by atoms with van der Waals surface area (Å²) in [7, 11) is 0. The predicted octanol–water partition coefficient (Wildman–Crippen LogP) is 3.86. The normalized spacial score (nSPS) is 16.3. The van der Waals surface area contributed by atoms with E-state index in [2.05, 4.69) is 15.5 Å². The lowest BCUT2D eigenvalue weighted by atomic mass is 10.2. The number of hydrogen-bond donors (Lipinski definition) is 1. The number of carbonyl (C=O) groups excluding carboxylic acids is 2. The lowest BCUT2D eigenvalue weighted by molar-refractivity contribution is -0.120. The number of aromatic nitrogens is 3. The number of hydrogen-bond acceptors (Lipinski definition) is 7. The van der Waals surface area contributed by atoms with E-state index in [9.17, 15) is 9.59 Å². The van der Waals surface area contributed by atoms with Crippen LogP contribution >= 0.6 is 11.8 Å². The van der Waals surface area contributed by atoms with Crippen molar-refractivity contribution in [1.82, 2.24) is 14.8 Å². The third kappa shape index (κ3) is 4.16. The monoisotopic (exact) mass is 499 g/mol. The van der Waals surface area contributed by atoms with Crippen LogP contribution < -0.4 is 19.7 Å². The minimum atomic E-state index is -0.477. The second-order valence-electron chi connectivity index (χ2n) is 8.21. The number of nitrogens with one attached hydrogen (secondary N) is 1. The first-order valence-electron chi connectivity index (χ1n) is 11.4. The zero-order valence-electron chi connectivity index (χ0n) is 19.0. The fourth-order valence-corrected chi connectivity index (χ4v) is 5.04. The van der Waals surface area contributed by atoms with Crippen molar-refractivity contribution in [2.75, 3.05) is 29.1 Å². The van der Waals surface area contributed by atoms with Gasteiger partial charge in [-0.3, -0.25) is 14.2 Å². The number of nitrogens with zero attached hydrogens (tertiary/aromatic N) is 4. The fourth-order valence-electron chi connectivity index (χ4n) is 4.21. The molecule has 1 aromatic heterocycles. The van der Waals surface area contributed by atoms with Crippen LogP contribution in [0, 0.1) is 0 Å². The van der Waals surface area contributed by atoms with E-state index in [1.165, 1.54) is 16.7 Å². The SMILES string of the molecule is O=C1CN(C(=O)CSc2nnc([C@@H]3COc4ccccc4O3)n2-c2ccccc2)c2ccccc2N1. The number of benzene rings is 3. The van der Waals surface area contributed by atoms with Gasteiger partial charge in [0.2, 0.25) is 11.8 Å². The summed E-state index contributed by atoms with van der Waals surface area (Å²) in [6.45, 7) is 0.255. The van der Waals surface area contributed by atoms with Gasteiger partial charge in [0.05, 0.1) is 17.1 Å². The van der Waals surface area contributed by atoms with Crippen molar-refractivity contribution in [3.8, 4) is 17.2 Å². The lowest BCUT2D eigenvalue weighted by Gasteiger charge is -2.29. The Balaban J connectivity index is 1.27. The molecule has 4 aromatic rings. The van der Waals surface area contributed by atoms with Crippen molar-refractivity contribution in [2.24, 2.45) is 0 Å². The van der Waals surface area contributed by atoms with Crippen molar-refractivity contribution in [2.45, 2.75) is 11.3 Å². The van der Waals surface area contributed by atoms with Gasteiger partial charge in [-0.25, -0.2) is 0 Å². The molecule has 0 bridgehead atoms. The van der Waals surface area contributed by atoms with E-state index in [-0.39, 0.29) is 30.7 Å². The Morgan fingerprint density at radius 3 is 2.58 bits per heavy atom. The highest BCUT2D eigenvalue weighted by Crippen LogP contribution is 2.37. The van der Waals surface area contributed by atoms with E-state index < -0.39 is 6.10 Å². The van der Waals surface area contributed by atoms with Gasteiger partial charge in [0, 0.05) is 5.69 Å². The maximum atomic E-state index is 13.2. The van der Waals surface area contributed by atoms with E-state index in [0.717, 1.165) is 5.69 Å². The van der Waals surface area contributed by atoms with Crippen molar-refractivity contribution in [3.63, 3.8) is 0 Å². The molecule has 3 aromatic carbocycles. The molecule has 2 amide bonds. The number of ether oxygens (including phenoxy) is 2. The van der Waals surface area contributed by atoms with Crippen LogP contribution in [0.2, 0.25) is 0 Å². The first-order valence-corrected chi connectivity index (χ1v) is 12.4. The van der Waals surface area contributed by atoms with Crippen LogP contribution in [0.15, 0.2) is 84.0 Å². The Morgan fingerprint density at radius 1 is 0.972 bits per heavy atom. The number of rotatable bonds is 5. The topological polar surface area (TPSA) is 98.6 Å². The first-order chi connectivity index (χ1) is 17.7. The number of amides is 2.